The van der Waals surface area contributed by atoms with Crippen LogP contribution in [-0.4, -0.2) is 55.4 Å². The number of carbonyl (C=O) groups is 2. The molecule has 0 aromatic carbocycles. The first-order valence-electron chi connectivity index (χ1n) is 8.35. The lowest BCUT2D eigenvalue weighted by molar-refractivity contribution is -0.127. The van der Waals surface area contributed by atoms with Crippen molar-refractivity contribution in [3.05, 3.63) is 36.7 Å². The molecule has 0 saturated heterocycles. The third-order valence-electron chi connectivity index (χ3n) is 4.47. The molecular formula is C16H22N6O3. The summed E-state index contributed by atoms with van der Waals surface area (Å²) in [6, 6.07) is 1.34. The highest BCUT2D eigenvalue weighted by molar-refractivity contribution is 5.94. The van der Waals surface area contributed by atoms with E-state index in [2.05, 4.69) is 25.7 Å². The molecule has 3 rings (SSSR count). The molecule has 2 aromatic heterocycles. The van der Waals surface area contributed by atoms with Gasteiger partial charge in [0.1, 0.15) is 12.7 Å². The van der Waals surface area contributed by atoms with Gasteiger partial charge < -0.3 is 20.7 Å². The van der Waals surface area contributed by atoms with E-state index in [0.29, 0.717) is 37.9 Å². The van der Waals surface area contributed by atoms with Gasteiger partial charge in [-0.05, 0) is 25.3 Å². The van der Waals surface area contributed by atoms with Gasteiger partial charge in [0.15, 0.2) is 0 Å². The van der Waals surface area contributed by atoms with Crippen LogP contribution in [0.4, 0.5) is 0 Å². The number of amides is 2. The van der Waals surface area contributed by atoms with E-state index < -0.39 is 6.10 Å². The van der Waals surface area contributed by atoms with Crippen molar-refractivity contribution in [2.24, 2.45) is 5.92 Å². The van der Waals surface area contributed by atoms with E-state index in [9.17, 15) is 14.7 Å². The highest BCUT2D eigenvalue weighted by Crippen LogP contribution is 2.25. The third-order valence-corrected chi connectivity index (χ3v) is 4.47. The zero-order chi connectivity index (χ0) is 17.6. The standard InChI is InChI=1S/C16H22N6O3/c23-14-7-11(15(24)19-5-6-22-10-18-9-20-22)1-2-13(14)21-16(25)12-3-4-17-8-12/h3-4,8-11,13-14,17,23H,1-2,5-7H2,(H,19,24)(H,21,25)/t11-,13+,14+/m0/s1. The molecule has 134 valence electrons. The third kappa shape index (κ3) is 4.44. The van der Waals surface area contributed by atoms with E-state index in [4.69, 9.17) is 0 Å². The van der Waals surface area contributed by atoms with Crippen molar-refractivity contribution in [1.29, 1.82) is 0 Å². The average Bonchev–Trinajstić information content (AvgIpc) is 3.29. The fourth-order valence-corrected chi connectivity index (χ4v) is 3.06. The predicted molar refractivity (Wildman–Crippen MR) is 88.4 cm³/mol. The Morgan fingerprint density at radius 3 is 2.96 bits per heavy atom. The van der Waals surface area contributed by atoms with E-state index in [1.807, 2.05) is 0 Å². The molecule has 1 saturated carbocycles. The van der Waals surface area contributed by atoms with Crippen LogP contribution in [0.15, 0.2) is 31.1 Å². The van der Waals surface area contributed by atoms with E-state index >= 15 is 0 Å². The number of aliphatic hydroxyl groups excluding tert-OH is 1. The minimum absolute atomic E-state index is 0.0745. The summed E-state index contributed by atoms with van der Waals surface area (Å²) in [6.45, 7) is 1.01. The van der Waals surface area contributed by atoms with Gasteiger partial charge in [-0.1, -0.05) is 0 Å². The number of aromatic amines is 1. The van der Waals surface area contributed by atoms with Crippen molar-refractivity contribution < 1.29 is 14.7 Å². The number of rotatable bonds is 6. The van der Waals surface area contributed by atoms with Gasteiger partial charge in [0.25, 0.3) is 5.91 Å². The molecule has 2 amide bonds. The van der Waals surface area contributed by atoms with Crippen molar-refractivity contribution in [2.75, 3.05) is 6.54 Å². The molecule has 1 aliphatic carbocycles. The minimum Gasteiger partial charge on any atom is -0.391 e. The molecule has 1 aliphatic rings. The summed E-state index contributed by atoms with van der Waals surface area (Å²) in [7, 11) is 0. The van der Waals surface area contributed by atoms with Gasteiger partial charge in [-0.3, -0.25) is 14.3 Å². The van der Waals surface area contributed by atoms with Crippen LogP contribution in [0, 0.1) is 5.92 Å². The molecule has 0 unspecified atom stereocenters. The summed E-state index contributed by atoms with van der Waals surface area (Å²) in [6.07, 6.45) is 7.12. The van der Waals surface area contributed by atoms with E-state index in [0.717, 1.165) is 0 Å². The number of nitrogens with zero attached hydrogens (tertiary/aromatic N) is 3. The first kappa shape index (κ1) is 17.2. The Hall–Kier alpha value is -2.68. The molecule has 2 heterocycles. The summed E-state index contributed by atoms with van der Waals surface area (Å²) in [4.78, 5) is 30.9. The van der Waals surface area contributed by atoms with Gasteiger partial charge >= 0.3 is 0 Å². The Bertz CT molecular complexity index is 685. The summed E-state index contributed by atoms with van der Waals surface area (Å²) < 4.78 is 1.64. The van der Waals surface area contributed by atoms with Gasteiger partial charge in [0.2, 0.25) is 5.91 Å². The summed E-state index contributed by atoms with van der Waals surface area (Å²) in [5, 5.41) is 19.9. The average molecular weight is 346 g/mol. The van der Waals surface area contributed by atoms with Crippen LogP contribution in [-0.2, 0) is 11.3 Å². The van der Waals surface area contributed by atoms with Crippen LogP contribution in [0.1, 0.15) is 29.6 Å². The van der Waals surface area contributed by atoms with Gasteiger partial charge in [-0.25, -0.2) is 4.98 Å². The number of nitrogens with one attached hydrogen (secondary N) is 3. The zero-order valence-corrected chi connectivity index (χ0v) is 13.8. The lowest BCUT2D eigenvalue weighted by Gasteiger charge is -2.32. The van der Waals surface area contributed by atoms with Gasteiger partial charge in [0.05, 0.1) is 24.3 Å². The molecule has 25 heavy (non-hydrogen) atoms. The van der Waals surface area contributed by atoms with Crippen LogP contribution in [0.25, 0.3) is 0 Å². The summed E-state index contributed by atoms with van der Waals surface area (Å²) in [5.74, 6) is -0.540. The van der Waals surface area contributed by atoms with Crippen LogP contribution in [0.2, 0.25) is 0 Å². The number of H-pyrrole nitrogens is 1. The van der Waals surface area contributed by atoms with Gasteiger partial charge in [-0.15, -0.1) is 0 Å². The SMILES string of the molecule is O=C(N[C@@H]1CC[C@H](C(=O)NCCn2cncn2)C[C@H]1O)c1cc[nH]c1. The van der Waals surface area contributed by atoms with Crippen LogP contribution in [0.3, 0.4) is 0 Å². The summed E-state index contributed by atoms with van der Waals surface area (Å²) in [5.41, 5.74) is 0.528. The van der Waals surface area contributed by atoms with E-state index in [1.54, 1.807) is 29.5 Å². The van der Waals surface area contributed by atoms with Gasteiger partial charge in [0, 0.05) is 24.9 Å². The molecule has 0 bridgehead atoms. The first-order valence-corrected chi connectivity index (χ1v) is 8.35. The Kier molecular flexibility index (Phi) is 5.44. The van der Waals surface area contributed by atoms with Crippen molar-refractivity contribution in [2.45, 2.75) is 38.0 Å². The predicted octanol–water partition coefficient (Wildman–Crippen LogP) is -0.318. The molecule has 1 fully saturated rings. The maximum Gasteiger partial charge on any atom is 0.253 e. The monoisotopic (exact) mass is 346 g/mol. The number of hydrogen-bond donors (Lipinski definition) is 4. The second kappa shape index (κ2) is 7.93. The molecular weight excluding hydrogens is 324 g/mol. The summed E-state index contributed by atoms with van der Waals surface area (Å²) >= 11 is 0. The van der Waals surface area contributed by atoms with Crippen molar-refractivity contribution in [3.63, 3.8) is 0 Å². The zero-order valence-electron chi connectivity index (χ0n) is 13.8. The molecule has 0 spiro atoms. The van der Waals surface area contributed by atoms with Crippen LogP contribution >= 0.6 is 0 Å². The Morgan fingerprint density at radius 2 is 2.28 bits per heavy atom. The molecule has 3 atom stereocenters. The molecule has 4 N–H and O–H groups in total. The van der Waals surface area contributed by atoms with Crippen molar-refractivity contribution in [1.82, 2.24) is 30.4 Å². The van der Waals surface area contributed by atoms with Crippen LogP contribution < -0.4 is 10.6 Å². The smallest absolute Gasteiger partial charge is 0.253 e. The fourth-order valence-electron chi connectivity index (χ4n) is 3.06. The normalized spacial score (nSPS) is 23.2. The second-order valence-corrected chi connectivity index (χ2v) is 6.21. The van der Waals surface area contributed by atoms with Crippen molar-refractivity contribution >= 4 is 11.8 Å². The Labute approximate surface area is 144 Å². The number of hydrogen-bond acceptors (Lipinski definition) is 5. The maximum absolute atomic E-state index is 12.2. The molecule has 9 heteroatoms. The highest BCUT2D eigenvalue weighted by Gasteiger charge is 2.33. The lowest BCUT2D eigenvalue weighted by Crippen LogP contribution is -2.49. The second-order valence-electron chi connectivity index (χ2n) is 6.21. The van der Waals surface area contributed by atoms with E-state index in [-0.39, 0.29) is 23.8 Å². The maximum atomic E-state index is 12.2. The molecule has 9 nitrogen and oxygen atoms in total. The van der Waals surface area contributed by atoms with Gasteiger partial charge in [-0.2, -0.15) is 5.10 Å². The Morgan fingerprint density at radius 1 is 1.40 bits per heavy atom. The van der Waals surface area contributed by atoms with Crippen molar-refractivity contribution in [3.8, 4) is 0 Å². The quantitative estimate of drug-likeness (QED) is 0.571. The highest BCUT2D eigenvalue weighted by atomic mass is 16.3. The van der Waals surface area contributed by atoms with Crippen LogP contribution in [0.5, 0.6) is 0 Å². The lowest BCUT2D eigenvalue weighted by atomic mass is 9.83. The number of aliphatic hydroxyl groups is 1. The number of aromatic nitrogens is 4. The minimum atomic E-state index is -0.734. The Balaban J connectivity index is 1.42. The topological polar surface area (TPSA) is 125 Å². The van der Waals surface area contributed by atoms with E-state index in [1.165, 1.54) is 6.33 Å². The molecule has 0 radical (unpaired) electrons. The largest absolute Gasteiger partial charge is 0.391 e. The molecule has 0 aliphatic heterocycles. The first-order chi connectivity index (χ1) is 12.1. The fraction of sp³-hybridized carbons (Fsp3) is 0.500. The number of carbonyl (C=O) groups excluding carboxylic acids is 2. The molecule has 2 aromatic rings.